The number of allylic oxidation sites excluding steroid dienone is 3. The third kappa shape index (κ3) is 1.98. The molecule has 3 unspecified atom stereocenters. The summed E-state index contributed by atoms with van der Waals surface area (Å²) in [7, 11) is 0. The molecule has 0 nitrogen and oxygen atoms in total. The van der Waals surface area contributed by atoms with Crippen LogP contribution in [0, 0.1) is 11.3 Å². The normalized spacial score (nSPS) is 29.4. The monoisotopic (exact) mass is 286 g/mol. The molecule has 0 radical (unpaired) electrons. The summed E-state index contributed by atoms with van der Waals surface area (Å²) >= 11 is 0. The standard InChI is InChI=1S/C22H22/c1-3-22(2)15-17-11-7-8-12-19(17)20-13-18(14-21(20)22)16-9-5-4-6-10-16/h3-12,14,20-21H,1,13,15H2,2H3. The lowest BCUT2D eigenvalue weighted by Gasteiger charge is -2.42. The molecular weight excluding hydrogens is 264 g/mol. The van der Waals surface area contributed by atoms with Crippen LogP contribution < -0.4 is 0 Å². The molecule has 110 valence electrons. The maximum absolute atomic E-state index is 4.16. The van der Waals surface area contributed by atoms with Gasteiger partial charge in [-0.2, -0.15) is 0 Å². The van der Waals surface area contributed by atoms with E-state index in [-0.39, 0.29) is 5.41 Å². The van der Waals surface area contributed by atoms with Crippen molar-refractivity contribution < 1.29 is 0 Å². The van der Waals surface area contributed by atoms with Crippen LogP contribution in [0.15, 0.2) is 73.3 Å². The van der Waals surface area contributed by atoms with Gasteiger partial charge in [0.05, 0.1) is 0 Å². The Morgan fingerprint density at radius 3 is 2.55 bits per heavy atom. The molecule has 2 aliphatic carbocycles. The van der Waals surface area contributed by atoms with Crippen molar-refractivity contribution in [2.24, 2.45) is 11.3 Å². The Morgan fingerprint density at radius 1 is 1.05 bits per heavy atom. The third-order valence-electron chi connectivity index (χ3n) is 5.65. The molecule has 0 saturated carbocycles. The van der Waals surface area contributed by atoms with Gasteiger partial charge in [0.2, 0.25) is 0 Å². The molecule has 22 heavy (non-hydrogen) atoms. The highest BCUT2D eigenvalue weighted by Crippen LogP contribution is 2.55. The lowest BCUT2D eigenvalue weighted by atomic mass is 9.62. The van der Waals surface area contributed by atoms with Crippen LogP contribution >= 0.6 is 0 Å². The summed E-state index contributed by atoms with van der Waals surface area (Å²) < 4.78 is 0. The van der Waals surface area contributed by atoms with Gasteiger partial charge in [-0.25, -0.2) is 0 Å². The van der Waals surface area contributed by atoms with E-state index in [0.29, 0.717) is 11.8 Å². The van der Waals surface area contributed by atoms with E-state index in [4.69, 9.17) is 0 Å². The van der Waals surface area contributed by atoms with E-state index in [1.54, 1.807) is 5.56 Å². The number of rotatable bonds is 2. The van der Waals surface area contributed by atoms with Crippen molar-refractivity contribution in [3.63, 3.8) is 0 Å². The smallest absolute Gasteiger partial charge is 0.00398 e. The van der Waals surface area contributed by atoms with Crippen LogP contribution in [-0.4, -0.2) is 0 Å². The summed E-state index contributed by atoms with van der Waals surface area (Å²) in [5.41, 5.74) is 6.10. The minimum Gasteiger partial charge on any atom is -0.102 e. The van der Waals surface area contributed by atoms with Crippen LogP contribution in [0.5, 0.6) is 0 Å². The molecule has 0 amide bonds. The highest BCUT2D eigenvalue weighted by Gasteiger charge is 2.44. The molecule has 0 aromatic heterocycles. The average molecular weight is 286 g/mol. The highest BCUT2D eigenvalue weighted by atomic mass is 14.5. The van der Waals surface area contributed by atoms with Gasteiger partial charge in [-0.1, -0.05) is 73.7 Å². The van der Waals surface area contributed by atoms with E-state index in [2.05, 4.69) is 80.3 Å². The molecule has 0 heteroatoms. The minimum atomic E-state index is 0.162. The minimum absolute atomic E-state index is 0.162. The Kier molecular flexibility index (Phi) is 3.07. The van der Waals surface area contributed by atoms with Gasteiger partial charge in [0.1, 0.15) is 0 Å². The predicted molar refractivity (Wildman–Crippen MR) is 93.7 cm³/mol. The van der Waals surface area contributed by atoms with Crippen LogP contribution in [0.1, 0.15) is 36.0 Å². The van der Waals surface area contributed by atoms with Gasteiger partial charge < -0.3 is 0 Å². The van der Waals surface area contributed by atoms with Crippen molar-refractivity contribution in [1.82, 2.24) is 0 Å². The van der Waals surface area contributed by atoms with Gasteiger partial charge in [0.25, 0.3) is 0 Å². The summed E-state index contributed by atoms with van der Waals surface area (Å²) in [5.74, 6) is 1.17. The lowest BCUT2D eigenvalue weighted by Crippen LogP contribution is -2.34. The molecule has 4 rings (SSSR count). The predicted octanol–water partition coefficient (Wildman–Crippen LogP) is 5.62. The molecule has 3 atom stereocenters. The first-order valence-electron chi connectivity index (χ1n) is 8.19. The van der Waals surface area contributed by atoms with Gasteiger partial charge >= 0.3 is 0 Å². The Hall–Kier alpha value is -2.08. The van der Waals surface area contributed by atoms with Gasteiger partial charge in [-0.15, -0.1) is 6.58 Å². The third-order valence-corrected chi connectivity index (χ3v) is 5.65. The van der Waals surface area contributed by atoms with Crippen molar-refractivity contribution in [3.8, 4) is 0 Å². The first kappa shape index (κ1) is 13.6. The Labute approximate surface area is 133 Å². The molecule has 0 fully saturated rings. The zero-order valence-electron chi connectivity index (χ0n) is 13.1. The molecule has 0 aliphatic heterocycles. The fourth-order valence-corrected chi connectivity index (χ4v) is 4.38. The Bertz CT molecular complexity index is 738. The van der Waals surface area contributed by atoms with Crippen molar-refractivity contribution in [3.05, 3.63) is 90.0 Å². The van der Waals surface area contributed by atoms with E-state index in [1.807, 2.05) is 0 Å². The molecule has 0 N–H and O–H groups in total. The summed E-state index contributed by atoms with van der Waals surface area (Å²) in [6, 6.07) is 19.8. The fraction of sp³-hybridized carbons (Fsp3) is 0.273. The summed E-state index contributed by atoms with van der Waals surface area (Å²) in [5, 5.41) is 0. The molecule has 0 spiro atoms. The maximum atomic E-state index is 4.16. The summed E-state index contributed by atoms with van der Waals surface area (Å²) in [6.07, 6.45) is 6.96. The molecule has 2 aliphatic rings. The molecule has 0 heterocycles. The zero-order chi connectivity index (χ0) is 15.2. The largest absolute Gasteiger partial charge is 0.102 e. The van der Waals surface area contributed by atoms with Gasteiger partial charge in [0.15, 0.2) is 0 Å². The number of hydrogen-bond donors (Lipinski definition) is 0. The number of fused-ring (bicyclic) bond motifs is 3. The molecule has 0 saturated heterocycles. The Morgan fingerprint density at radius 2 is 1.77 bits per heavy atom. The highest BCUT2D eigenvalue weighted by molar-refractivity contribution is 5.70. The Balaban J connectivity index is 1.81. The van der Waals surface area contributed by atoms with Crippen molar-refractivity contribution in [1.29, 1.82) is 0 Å². The average Bonchev–Trinajstić information content (AvgIpc) is 3.02. The van der Waals surface area contributed by atoms with Crippen molar-refractivity contribution in [2.75, 3.05) is 0 Å². The maximum Gasteiger partial charge on any atom is -0.00398 e. The van der Waals surface area contributed by atoms with Gasteiger partial charge in [0, 0.05) is 0 Å². The van der Waals surface area contributed by atoms with Crippen LogP contribution in [0.2, 0.25) is 0 Å². The first-order valence-corrected chi connectivity index (χ1v) is 8.19. The van der Waals surface area contributed by atoms with Crippen LogP contribution in [0.25, 0.3) is 5.57 Å². The van der Waals surface area contributed by atoms with Gasteiger partial charge in [-0.05, 0) is 52.4 Å². The van der Waals surface area contributed by atoms with E-state index >= 15 is 0 Å². The second-order valence-corrected chi connectivity index (χ2v) is 6.98. The van der Waals surface area contributed by atoms with E-state index < -0.39 is 0 Å². The second kappa shape index (κ2) is 4.98. The zero-order valence-corrected chi connectivity index (χ0v) is 13.1. The van der Waals surface area contributed by atoms with Crippen LogP contribution in [0.4, 0.5) is 0 Å². The summed E-state index contributed by atoms with van der Waals surface area (Å²) in [6.45, 7) is 6.53. The lowest BCUT2D eigenvalue weighted by molar-refractivity contribution is 0.254. The second-order valence-electron chi connectivity index (χ2n) is 6.98. The van der Waals surface area contributed by atoms with E-state index in [1.165, 1.54) is 16.7 Å². The topological polar surface area (TPSA) is 0 Å². The SMILES string of the molecule is C=CC1(C)Cc2ccccc2C2CC(c3ccccc3)=CC21. The number of benzene rings is 2. The van der Waals surface area contributed by atoms with E-state index in [0.717, 1.165) is 12.8 Å². The quantitative estimate of drug-likeness (QED) is 0.628. The first-order chi connectivity index (χ1) is 10.7. The summed E-state index contributed by atoms with van der Waals surface area (Å²) in [4.78, 5) is 0. The molecule has 2 aromatic carbocycles. The van der Waals surface area contributed by atoms with Gasteiger partial charge in [-0.3, -0.25) is 0 Å². The molecule has 0 bridgehead atoms. The van der Waals surface area contributed by atoms with E-state index in [9.17, 15) is 0 Å². The number of hydrogen-bond acceptors (Lipinski definition) is 0. The molecular formula is C22H22. The van der Waals surface area contributed by atoms with Crippen molar-refractivity contribution >= 4 is 5.57 Å². The van der Waals surface area contributed by atoms with Crippen molar-refractivity contribution in [2.45, 2.75) is 25.7 Å². The van der Waals surface area contributed by atoms with Crippen LogP contribution in [-0.2, 0) is 6.42 Å². The van der Waals surface area contributed by atoms with Crippen LogP contribution in [0.3, 0.4) is 0 Å². The fourth-order valence-electron chi connectivity index (χ4n) is 4.38. The molecule has 2 aromatic rings.